The highest BCUT2D eigenvalue weighted by molar-refractivity contribution is 5.86. The van der Waals surface area contributed by atoms with Gasteiger partial charge in [0.1, 0.15) is 6.61 Å². The maximum Gasteiger partial charge on any atom is 0.311 e. The molecule has 0 bridgehead atoms. The number of hydrogen-bond acceptors (Lipinski definition) is 4. The number of carbonyl (C=O) groups is 2. The Hall–Kier alpha value is -1.88. The molecule has 0 spiro atoms. The van der Waals surface area contributed by atoms with Crippen molar-refractivity contribution in [2.24, 2.45) is 5.92 Å². The maximum absolute atomic E-state index is 11.6. The molecule has 5 heteroatoms. The molecular formula is C13H15NO4. The number of esters is 1. The third-order valence-corrected chi connectivity index (χ3v) is 2.85. The van der Waals surface area contributed by atoms with Crippen LogP contribution in [0.5, 0.6) is 0 Å². The first-order valence-corrected chi connectivity index (χ1v) is 5.75. The Morgan fingerprint density at radius 2 is 2.11 bits per heavy atom. The first-order chi connectivity index (χ1) is 8.70. The minimum Gasteiger partial charge on any atom is -0.469 e. The van der Waals surface area contributed by atoms with Crippen molar-refractivity contribution in [3.8, 4) is 0 Å². The third kappa shape index (κ3) is 2.87. The van der Waals surface area contributed by atoms with Gasteiger partial charge in [-0.1, -0.05) is 30.3 Å². The van der Waals surface area contributed by atoms with E-state index in [9.17, 15) is 9.59 Å². The van der Waals surface area contributed by atoms with Crippen molar-refractivity contribution in [3.63, 3.8) is 0 Å². The van der Waals surface area contributed by atoms with Crippen LogP contribution in [0.4, 0.5) is 0 Å². The Morgan fingerprint density at radius 3 is 2.78 bits per heavy atom. The molecule has 0 N–H and O–H groups in total. The second-order valence-electron chi connectivity index (χ2n) is 4.14. The van der Waals surface area contributed by atoms with E-state index < -0.39 is 5.92 Å². The largest absolute Gasteiger partial charge is 0.469 e. The smallest absolute Gasteiger partial charge is 0.311 e. The van der Waals surface area contributed by atoms with Crippen molar-refractivity contribution in [3.05, 3.63) is 35.9 Å². The number of amides is 1. The number of rotatable bonds is 4. The van der Waals surface area contributed by atoms with Crippen LogP contribution in [0.2, 0.25) is 0 Å². The van der Waals surface area contributed by atoms with Crippen molar-refractivity contribution < 1.29 is 19.2 Å². The summed E-state index contributed by atoms with van der Waals surface area (Å²) >= 11 is 0. The molecular weight excluding hydrogens is 234 g/mol. The Kier molecular flexibility index (Phi) is 3.94. The lowest BCUT2D eigenvalue weighted by Crippen LogP contribution is -2.26. The zero-order valence-electron chi connectivity index (χ0n) is 10.2. The monoisotopic (exact) mass is 249 g/mol. The van der Waals surface area contributed by atoms with E-state index in [1.807, 2.05) is 30.3 Å². The molecule has 2 rings (SSSR count). The highest BCUT2D eigenvalue weighted by atomic mass is 16.7. The van der Waals surface area contributed by atoms with Gasteiger partial charge in [0.2, 0.25) is 5.91 Å². The summed E-state index contributed by atoms with van der Waals surface area (Å²) < 4.78 is 4.62. The zero-order chi connectivity index (χ0) is 13.0. The van der Waals surface area contributed by atoms with Crippen LogP contribution in [0.15, 0.2) is 30.3 Å². The van der Waals surface area contributed by atoms with Crippen molar-refractivity contribution in [2.45, 2.75) is 13.0 Å². The van der Waals surface area contributed by atoms with Crippen LogP contribution < -0.4 is 0 Å². The Balaban J connectivity index is 1.87. The lowest BCUT2D eigenvalue weighted by molar-refractivity contribution is -0.183. The van der Waals surface area contributed by atoms with Crippen LogP contribution in [-0.4, -0.2) is 30.6 Å². The van der Waals surface area contributed by atoms with Crippen molar-refractivity contribution in [1.29, 1.82) is 0 Å². The molecule has 0 aliphatic carbocycles. The molecule has 1 heterocycles. The van der Waals surface area contributed by atoms with Crippen LogP contribution in [0.1, 0.15) is 12.0 Å². The van der Waals surface area contributed by atoms with Gasteiger partial charge in [0.25, 0.3) is 0 Å². The van der Waals surface area contributed by atoms with Gasteiger partial charge in [-0.2, -0.15) is 0 Å². The molecule has 1 saturated heterocycles. The second-order valence-corrected chi connectivity index (χ2v) is 4.14. The topological polar surface area (TPSA) is 55.8 Å². The molecule has 1 aromatic carbocycles. The fourth-order valence-electron chi connectivity index (χ4n) is 1.86. The molecule has 1 fully saturated rings. The quantitative estimate of drug-likeness (QED) is 0.751. The summed E-state index contributed by atoms with van der Waals surface area (Å²) in [5, 5.41) is 1.24. The number of nitrogens with zero attached hydrogens (tertiary/aromatic N) is 1. The normalized spacial score (nSPS) is 19.1. The average molecular weight is 249 g/mol. The molecule has 1 aromatic rings. The third-order valence-electron chi connectivity index (χ3n) is 2.85. The molecule has 1 atom stereocenters. The molecule has 0 unspecified atom stereocenters. The van der Waals surface area contributed by atoms with Gasteiger partial charge >= 0.3 is 5.97 Å². The highest BCUT2D eigenvalue weighted by Gasteiger charge is 2.35. The summed E-state index contributed by atoms with van der Waals surface area (Å²) in [4.78, 5) is 28.3. The zero-order valence-corrected chi connectivity index (χ0v) is 10.2. The molecule has 5 nitrogen and oxygen atoms in total. The number of ether oxygens (including phenoxy) is 1. The second kappa shape index (κ2) is 5.64. The van der Waals surface area contributed by atoms with Gasteiger partial charge in [-0.05, 0) is 5.56 Å². The Morgan fingerprint density at radius 1 is 1.39 bits per heavy atom. The van der Waals surface area contributed by atoms with E-state index in [4.69, 9.17) is 4.84 Å². The molecule has 1 aliphatic rings. The molecule has 18 heavy (non-hydrogen) atoms. The molecule has 96 valence electrons. The van der Waals surface area contributed by atoms with Gasteiger partial charge in [-0.3, -0.25) is 14.4 Å². The van der Waals surface area contributed by atoms with Gasteiger partial charge in [0, 0.05) is 6.42 Å². The summed E-state index contributed by atoms with van der Waals surface area (Å²) in [7, 11) is 1.32. The fraction of sp³-hybridized carbons (Fsp3) is 0.385. The predicted octanol–water partition coefficient (Wildman–Crippen LogP) is 1.14. The maximum atomic E-state index is 11.6. The van der Waals surface area contributed by atoms with E-state index in [0.29, 0.717) is 6.61 Å². The summed E-state index contributed by atoms with van der Waals surface area (Å²) in [6.45, 7) is 0.582. The van der Waals surface area contributed by atoms with E-state index in [1.54, 1.807) is 0 Å². The lowest BCUT2D eigenvalue weighted by Gasteiger charge is -2.15. The van der Waals surface area contributed by atoms with Crippen molar-refractivity contribution >= 4 is 11.9 Å². The molecule has 0 saturated carbocycles. The predicted molar refractivity (Wildman–Crippen MR) is 63.1 cm³/mol. The minimum atomic E-state index is -0.418. The summed E-state index contributed by atoms with van der Waals surface area (Å²) in [5.74, 6) is -0.964. The summed E-state index contributed by atoms with van der Waals surface area (Å²) in [6.07, 6.45) is 0.154. The van der Waals surface area contributed by atoms with E-state index in [-0.39, 0.29) is 24.8 Å². The lowest BCUT2D eigenvalue weighted by atomic mass is 10.1. The van der Waals surface area contributed by atoms with Crippen LogP contribution in [0, 0.1) is 5.92 Å². The first kappa shape index (κ1) is 12.6. The minimum absolute atomic E-state index is 0.154. The molecule has 0 radical (unpaired) electrons. The van der Waals surface area contributed by atoms with Gasteiger partial charge in [-0.25, -0.2) is 5.06 Å². The average Bonchev–Trinajstić information content (AvgIpc) is 2.78. The van der Waals surface area contributed by atoms with Gasteiger partial charge in [0.05, 0.1) is 19.6 Å². The van der Waals surface area contributed by atoms with Crippen LogP contribution >= 0.6 is 0 Å². The van der Waals surface area contributed by atoms with E-state index in [2.05, 4.69) is 4.74 Å². The van der Waals surface area contributed by atoms with Crippen molar-refractivity contribution in [2.75, 3.05) is 13.7 Å². The number of methoxy groups -OCH3 is 1. The van der Waals surface area contributed by atoms with E-state index in [1.165, 1.54) is 12.2 Å². The van der Waals surface area contributed by atoms with Crippen LogP contribution in [-0.2, 0) is 25.8 Å². The van der Waals surface area contributed by atoms with E-state index in [0.717, 1.165) is 5.56 Å². The summed E-state index contributed by atoms with van der Waals surface area (Å²) in [6, 6.07) is 9.55. The molecule has 1 aliphatic heterocycles. The Labute approximate surface area is 105 Å². The fourth-order valence-corrected chi connectivity index (χ4v) is 1.86. The van der Waals surface area contributed by atoms with Gasteiger partial charge < -0.3 is 4.74 Å². The van der Waals surface area contributed by atoms with Crippen molar-refractivity contribution in [1.82, 2.24) is 5.06 Å². The SMILES string of the molecule is COC(=O)[C@@H]1CC(=O)N(OCc2ccccc2)C1. The first-order valence-electron chi connectivity index (χ1n) is 5.75. The number of carbonyl (C=O) groups excluding carboxylic acids is 2. The van der Waals surface area contributed by atoms with Gasteiger partial charge in [-0.15, -0.1) is 0 Å². The van der Waals surface area contributed by atoms with Crippen LogP contribution in [0.3, 0.4) is 0 Å². The van der Waals surface area contributed by atoms with Gasteiger partial charge in [0.15, 0.2) is 0 Å². The Bertz CT molecular complexity index is 432. The number of hydrogen-bond donors (Lipinski definition) is 0. The summed E-state index contributed by atoms with van der Waals surface area (Å²) in [5.41, 5.74) is 0.979. The van der Waals surface area contributed by atoms with Crippen LogP contribution in [0.25, 0.3) is 0 Å². The highest BCUT2D eigenvalue weighted by Crippen LogP contribution is 2.20. The van der Waals surface area contributed by atoms with E-state index >= 15 is 0 Å². The number of hydroxylamine groups is 2. The standard InChI is InChI=1S/C13H15NO4/c1-17-13(16)11-7-12(15)14(8-11)18-9-10-5-3-2-4-6-10/h2-6,11H,7-9H2,1H3/t11-/m1/s1. The molecule has 1 amide bonds. The number of benzene rings is 1. The molecule has 0 aromatic heterocycles.